The maximum Gasteiger partial charge on any atom is 0.216 e. The molecule has 0 amide bonds. The molecule has 0 radical (unpaired) electrons. The number of hydrogen-bond acceptors (Lipinski definition) is 3. The second-order valence-corrected chi connectivity index (χ2v) is 10.4. The fraction of sp³-hybridized carbons (Fsp3) is 0.684. The fourth-order valence-electron chi connectivity index (χ4n) is 3.00. The lowest BCUT2D eigenvalue weighted by Crippen LogP contribution is -2.46. The van der Waals surface area contributed by atoms with Crippen LogP contribution in [0.25, 0.3) is 0 Å². The minimum Gasteiger partial charge on any atom is -0.385 e. The standard InChI is InChI=1S/C19H32N2O2S/c1-5-15-6-10-17(11-7-15)20-14-16-8-12-18(13-9-16)21-24(22,23)19(2,3)4/h6-7,10-11,16,18,20-21H,5,8-9,12-14H2,1-4H3/t16-,18-. The first-order valence-corrected chi connectivity index (χ1v) is 10.5. The molecule has 2 N–H and O–H groups in total. The highest BCUT2D eigenvalue weighted by Crippen LogP contribution is 2.26. The zero-order chi connectivity index (χ0) is 17.8. The summed E-state index contributed by atoms with van der Waals surface area (Å²) in [5.41, 5.74) is 2.52. The summed E-state index contributed by atoms with van der Waals surface area (Å²) in [6.45, 7) is 8.36. The van der Waals surface area contributed by atoms with Crippen molar-refractivity contribution in [2.24, 2.45) is 5.92 Å². The van der Waals surface area contributed by atoms with Gasteiger partial charge >= 0.3 is 0 Å². The van der Waals surface area contributed by atoms with Crippen molar-refractivity contribution in [3.05, 3.63) is 29.8 Å². The van der Waals surface area contributed by atoms with Gasteiger partial charge in [0.25, 0.3) is 0 Å². The molecule has 0 atom stereocenters. The van der Waals surface area contributed by atoms with Crippen LogP contribution < -0.4 is 10.0 Å². The Bertz CT molecular complexity index is 610. The van der Waals surface area contributed by atoms with Crippen molar-refractivity contribution in [1.29, 1.82) is 0 Å². The van der Waals surface area contributed by atoms with E-state index in [1.54, 1.807) is 20.8 Å². The van der Waals surface area contributed by atoms with Crippen molar-refractivity contribution in [2.75, 3.05) is 11.9 Å². The predicted molar refractivity (Wildman–Crippen MR) is 102 cm³/mol. The molecule has 0 heterocycles. The molecule has 0 aromatic heterocycles. The average molecular weight is 353 g/mol. The smallest absolute Gasteiger partial charge is 0.216 e. The van der Waals surface area contributed by atoms with Gasteiger partial charge in [-0.15, -0.1) is 0 Å². The molecule has 0 bridgehead atoms. The third-order valence-corrected chi connectivity index (χ3v) is 7.19. The van der Waals surface area contributed by atoms with E-state index in [9.17, 15) is 8.42 Å². The Morgan fingerprint density at radius 3 is 2.12 bits per heavy atom. The summed E-state index contributed by atoms with van der Waals surface area (Å²) in [4.78, 5) is 0. The predicted octanol–water partition coefficient (Wildman–Crippen LogP) is 3.94. The molecule has 5 heteroatoms. The first-order chi connectivity index (χ1) is 11.2. The summed E-state index contributed by atoms with van der Waals surface area (Å²) in [7, 11) is -3.24. The van der Waals surface area contributed by atoms with Crippen LogP contribution in [-0.4, -0.2) is 25.8 Å². The quantitative estimate of drug-likeness (QED) is 0.815. The van der Waals surface area contributed by atoms with E-state index >= 15 is 0 Å². The minimum absolute atomic E-state index is 0.0920. The normalized spacial score (nSPS) is 22.3. The molecule has 1 aliphatic rings. The highest BCUT2D eigenvalue weighted by Gasteiger charge is 2.32. The maximum atomic E-state index is 12.2. The van der Waals surface area contributed by atoms with E-state index in [1.807, 2.05) is 0 Å². The maximum absolute atomic E-state index is 12.2. The Morgan fingerprint density at radius 1 is 1.04 bits per heavy atom. The number of rotatable bonds is 6. The Morgan fingerprint density at radius 2 is 1.62 bits per heavy atom. The van der Waals surface area contributed by atoms with Gasteiger partial charge in [-0.3, -0.25) is 0 Å². The van der Waals surface area contributed by atoms with Gasteiger partial charge in [0.05, 0.1) is 4.75 Å². The highest BCUT2D eigenvalue weighted by molar-refractivity contribution is 7.90. The molecule has 2 rings (SSSR count). The number of hydrogen-bond donors (Lipinski definition) is 2. The second kappa shape index (κ2) is 7.87. The zero-order valence-electron chi connectivity index (χ0n) is 15.4. The molecule has 1 aromatic carbocycles. The molecule has 1 saturated carbocycles. The highest BCUT2D eigenvalue weighted by atomic mass is 32.2. The van der Waals surface area contributed by atoms with Crippen LogP contribution in [0.4, 0.5) is 5.69 Å². The van der Waals surface area contributed by atoms with Crippen LogP contribution >= 0.6 is 0 Å². The molecule has 1 fully saturated rings. The van der Waals surface area contributed by atoms with Crippen molar-refractivity contribution >= 4 is 15.7 Å². The summed E-state index contributed by atoms with van der Waals surface area (Å²) in [6.07, 6.45) is 5.05. The Balaban J connectivity index is 1.76. The minimum atomic E-state index is -3.24. The van der Waals surface area contributed by atoms with Crippen LogP contribution in [0.3, 0.4) is 0 Å². The van der Waals surface area contributed by atoms with Gasteiger partial charge in [-0.05, 0) is 76.5 Å². The van der Waals surface area contributed by atoms with Crippen molar-refractivity contribution in [1.82, 2.24) is 4.72 Å². The topological polar surface area (TPSA) is 58.2 Å². The van der Waals surface area contributed by atoms with Crippen LogP contribution in [0.5, 0.6) is 0 Å². The van der Waals surface area contributed by atoms with E-state index in [2.05, 4.69) is 41.2 Å². The van der Waals surface area contributed by atoms with E-state index in [-0.39, 0.29) is 6.04 Å². The summed E-state index contributed by atoms with van der Waals surface area (Å²) < 4.78 is 26.6. The van der Waals surface area contributed by atoms with E-state index in [4.69, 9.17) is 0 Å². The molecule has 1 aliphatic carbocycles. The molecule has 4 nitrogen and oxygen atoms in total. The number of benzene rings is 1. The molecule has 136 valence electrons. The number of anilines is 1. The van der Waals surface area contributed by atoms with Crippen LogP contribution in [0.1, 0.15) is 58.9 Å². The van der Waals surface area contributed by atoms with E-state index in [0.717, 1.165) is 38.6 Å². The lowest BCUT2D eigenvalue weighted by molar-refractivity contribution is 0.322. The van der Waals surface area contributed by atoms with Gasteiger partial charge in [0, 0.05) is 18.3 Å². The third kappa shape index (κ3) is 5.21. The van der Waals surface area contributed by atoms with Gasteiger partial charge in [0.2, 0.25) is 10.0 Å². The summed E-state index contributed by atoms with van der Waals surface area (Å²) >= 11 is 0. The lowest BCUT2D eigenvalue weighted by Gasteiger charge is -2.31. The van der Waals surface area contributed by atoms with E-state index < -0.39 is 14.8 Å². The van der Waals surface area contributed by atoms with Crippen LogP contribution in [0.2, 0.25) is 0 Å². The Kier molecular flexibility index (Phi) is 6.32. The van der Waals surface area contributed by atoms with Crippen LogP contribution in [0, 0.1) is 5.92 Å². The molecule has 24 heavy (non-hydrogen) atoms. The van der Waals surface area contributed by atoms with Crippen molar-refractivity contribution < 1.29 is 8.42 Å². The fourth-order valence-corrected chi connectivity index (χ4v) is 4.03. The molecule has 0 aliphatic heterocycles. The first-order valence-electron chi connectivity index (χ1n) is 9.06. The van der Waals surface area contributed by atoms with E-state index in [0.29, 0.717) is 5.92 Å². The zero-order valence-corrected chi connectivity index (χ0v) is 16.2. The summed E-state index contributed by atoms with van der Waals surface area (Å²) in [6, 6.07) is 8.71. The second-order valence-electron chi connectivity index (χ2n) is 7.88. The molecule has 0 spiro atoms. The monoisotopic (exact) mass is 352 g/mol. The van der Waals surface area contributed by atoms with Gasteiger partial charge in [-0.1, -0.05) is 19.1 Å². The van der Waals surface area contributed by atoms with Crippen LogP contribution in [-0.2, 0) is 16.4 Å². The largest absolute Gasteiger partial charge is 0.385 e. The van der Waals surface area contributed by atoms with Gasteiger partial charge in [-0.2, -0.15) is 0 Å². The molecule has 0 unspecified atom stereocenters. The Labute approximate surface area is 147 Å². The average Bonchev–Trinajstić information content (AvgIpc) is 2.53. The summed E-state index contributed by atoms with van der Waals surface area (Å²) in [5, 5.41) is 3.51. The van der Waals surface area contributed by atoms with E-state index in [1.165, 1.54) is 11.3 Å². The van der Waals surface area contributed by atoms with Crippen molar-refractivity contribution in [2.45, 2.75) is 70.6 Å². The van der Waals surface area contributed by atoms with Crippen molar-refractivity contribution in [3.63, 3.8) is 0 Å². The van der Waals surface area contributed by atoms with Gasteiger partial charge in [0.15, 0.2) is 0 Å². The van der Waals surface area contributed by atoms with Gasteiger partial charge < -0.3 is 5.32 Å². The van der Waals surface area contributed by atoms with Crippen LogP contribution in [0.15, 0.2) is 24.3 Å². The number of nitrogens with one attached hydrogen (secondary N) is 2. The number of sulfonamides is 1. The molecular formula is C19H32N2O2S. The SMILES string of the molecule is CCc1ccc(NC[C@H]2CC[C@H](NS(=O)(=O)C(C)(C)C)CC2)cc1. The Hall–Kier alpha value is -1.07. The first kappa shape index (κ1) is 19.3. The summed E-state index contributed by atoms with van der Waals surface area (Å²) in [5.74, 6) is 0.617. The molecule has 1 aromatic rings. The van der Waals surface area contributed by atoms with Crippen molar-refractivity contribution in [3.8, 4) is 0 Å². The molecular weight excluding hydrogens is 320 g/mol. The third-order valence-electron chi connectivity index (χ3n) is 4.93. The van der Waals surface area contributed by atoms with Gasteiger partial charge in [-0.25, -0.2) is 13.1 Å². The lowest BCUT2D eigenvalue weighted by atomic mass is 9.86. The van der Waals surface area contributed by atoms with Gasteiger partial charge in [0.1, 0.15) is 0 Å². The number of aryl methyl sites for hydroxylation is 1. The molecule has 0 saturated heterocycles.